The molecule has 9 heteroatoms. The van der Waals surface area contributed by atoms with Crippen LogP contribution < -0.4 is 10.9 Å². The van der Waals surface area contributed by atoms with E-state index in [-0.39, 0.29) is 29.7 Å². The van der Waals surface area contributed by atoms with Crippen LogP contribution in [0.15, 0.2) is 17.2 Å². The molecule has 3 aromatic rings. The number of aromatic nitrogens is 3. The van der Waals surface area contributed by atoms with Crippen molar-refractivity contribution >= 4 is 37.7 Å². The lowest BCUT2D eigenvalue weighted by atomic mass is 9.95. The smallest absolute Gasteiger partial charge is 0.271 e. The second kappa shape index (κ2) is 7.40. The van der Waals surface area contributed by atoms with Crippen molar-refractivity contribution in [3.63, 3.8) is 0 Å². The number of thiophene rings is 1. The van der Waals surface area contributed by atoms with Crippen LogP contribution in [0.4, 0.5) is 0 Å². The molecule has 1 fully saturated rings. The number of pyridine rings is 1. The van der Waals surface area contributed by atoms with Gasteiger partial charge in [-0.3, -0.25) is 14.2 Å². The molecule has 2 aliphatic heterocycles. The van der Waals surface area contributed by atoms with E-state index in [1.807, 2.05) is 6.07 Å². The molecule has 0 radical (unpaired) electrons. The van der Waals surface area contributed by atoms with Gasteiger partial charge in [0.1, 0.15) is 16.1 Å². The van der Waals surface area contributed by atoms with E-state index in [0.717, 1.165) is 47.3 Å². The van der Waals surface area contributed by atoms with Crippen molar-refractivity contribution in [2.75, 3.05) is 13.2 Å². The largest absolute Gasteiger partial charge is 0.376 e. The molecule has 0 aliphatic carbocycles. The fourth-order valence-corrected chi connectivity index (χ4v) is 5.11. The summed E-state index contributed by atoms with van der Waals surface area (Å²) in [7, 11) is 0. The lowest BCUT2D eigenvalue weighted by Gasteiger charge is -2.30. The van der Waals surface area contributed by atoms with Crippen LogP contribution in [-0.2, 0) is 33.8 Å². The van der Waals surface area contributed by atoms with Crippen LogP contribution in [0.25, 0.3) is 20.4 Å². The summed E-state index contributed by atoms with van der Waals surface area (Å²) in [5.41, 5.74) is 2.23. The molecule has 1 N–H and O–H groups in total. The van der Waals surface area contributed by atoms with E-state index >= 15 is 0 Å². The molecular weight excluding hydrogens is 404 g/mol. The van der Waals surface area contributed by atoms with Crippen LogP contribution >= 0.6 is 11.3 Å². The Balaban J connectivity index is 1.43. The minimum atomic E-state index is -0.244. The number of nitrogens with one attached hydrogen (secondary N) is 1. The molecule has 0 aromatic carbocycles. The highest BCUT2D eigenvalue weighted by atomic mass is 32.1. The zero-order valence-corrected chi connectivity index (χ0v) is 17.9. The number of ether oxygens (including phenoxy) is 2. The number of nitrogens with zero attached hydrogens (tertiary/aromatic N) is 3. The lowest BCUT2D eigenvalue weighted by molar-refractivity contribution is -0.122. The van der Waals surface area contributed by atoms with Gasteiger partial charge in [-0.1, -0.05) is 0 Å². The predicted molar refractivity (Wildman–Crippen MR) is 114 cm³/mol. The quantitative estimate of drug-likeness (QED) is 0.684. The highest BCUT2D eigenvalue weighted by molar-refractivity contribution is 7.25. The van der Waals surface area contributed by atoms with Gasteiger partial charge in [0.05, 0.1) is 35.8 Å². The highest BCUT2D eigenvalue weighted by Gasteiger charge is 2.28. The van der Waals surface area contributed by atoms with Gasteiger partial charge < -0.3 is 14.8 Å². The molecular formula is C21H24N4O4S. The Kier molecular flexibility index (Phi) is 4.83. The number of carbonyl (C=O) groups is 1. The molecule has 2 aliphatic rings. The van der Waals surface area contributed by atoms with E-state index in [1.54, 1.807) is 0 Å². The van der Waals surface area contributed by atoms with Gasteiger partial charge in [-0.25, -0.2) is 9.97 Å². The number of rotatable bonds is 4. The molecule has 1 saturated heterocycles. The SMILES string of the molecule is CC1(C)Cc2nc3sc4c(=O)n(CC(=O)NC[C@H]5CCCO5)cnc4c3cc2CO1. The van der Waals surface area contributed by atoms with Crippen LogP contribution in [0.1, 0.15) is 37.9 Å². The Morgan fingerprint density at radius 2 is 2.30 bits per heavy atom. The molecule has 8 nitrogen and oxygen atoms in total. The average molecular weight is 429 g/mol. The number of amides is 1. The zero-order valence-electron chi connectivity index (χ0n) is 17.1. The van der Waals surface area contributed by atoms with Crippen molar-refractivity contribution < 1.29 is 14.3 Å². The molecule has 5 heterocycles. The molecule has 158 valence electrons. The minimum Gasteiger partial charge on any atom is -0.376 e. The van der Waals surface area contributed by atoms with Gasteiger partial charge in [0.2, 0.25) is 5.91 Å². The standard InChI is InChI=1S/C21H24N4O4S/c1-21(2)7-15-12(10-29-21)6-14-17-18(30-19(14)24-15)20(27)25(11-23-17)9-16(26)22-8-13-4-3-5-28-13/h6,11,13H,3-5,7-10H2,1-2H3,(H,22,26)/t13-/m1/s1. The predicted octanol–water partition coefficient (Wildman–Crippen LogP) is 2.15. The molecule has 0 saturated carbocycles. The molecule has 1 amide bonds. The Labute approximate surface area is 177 Å². The Morgan fingerprint density at radius 3 is 3.10 bits per heavy atom. The normalized spacial score (nSPS) is 20.5. The van der Waals surface area contributed by atoms with Gasteiger partial charge in [-0.05, 0) is 32.8 Å². The Morgan fingerprint density at radius 1 is 1.43 bits per heavy atom. The Bertz CT molecular complexity index is 1190. The number of hydrogen-bond donors (Lipinski definition) is 1. The lowest BCUT2D eigenvalue weighted by Crippen LogP contribution is -2.36. The van der Waals surface area contributed by atoms with Crippen molar-refractivity contribution in [1.29, 1.82) is 0 Å². The van der Waals surface area contributed by atoms with Crippen molar-refractivity contribution in [3.05, 3.63) is 34.0 Å². The van der Waals surface area contributed by atoms with E-state index in [0.29, 0.717) is 23.4 Å². The van der Waals surface area contributed by atoms with Crippen molar-refractivity contribution in [2.24, 2.45) is 0 Å². The van der Waals surface area contributed by atoms with Gasteiger partial charge in [-0.2, -0.15) is 0 Å². The first-order valence-electron chi connectivity index (χ1n) is 10.2. The van der Waals surface area contributed by atoms with E-state index in [1.165, 1.54) is 22.2 Å². The summed E-state index contributed by atoms with van der Waals surface area (Å²) in [6, 6.07) is 2.04. The van der Waals surface area contributed by atoms with E-state index in [9.17, 15) is 9.59 Å². The van der Waals surface area contributed by atoms with Crippen molar-refractivity contribution in [1.82, 2.24) is 19.9 Å². The molecule has 5 rings (SSSR count). The van der Waals surface area contributed by atoms with Crippen LogP contribution in [0, 0.1) is 0 Å². The third kappa shape index (κ3) is 3.61. The first-order chi connectivity index (χ1) is 14.4. The van der Waals surface area contributed by atoms with E-state index in [4.69, 9.17) is 14.5 Å². The third-order valence-corrected chi connectivity index (χ3v) is 6.76. The summed E-state index contributed by atoms with van der Waals surface area (Å²) in [5.74, 6) is -0.220. The maximum Gasteiger partial charge on any atom is 0.271 e. The maximum atomic E-state index is 13.0. The summed E-state index contributed by atoms with van der Waals surface area (Å²) >= 11 is 1.34. The number of carbonyl (C=O) groups excluding carboxylic acids is 1. The molecule has 3 aromatic heterocycles. The van der Waals surface area contributed by atoms with Gasteiger partial charge in [-0.15, -0.1) is 11.3 Å². The first kappa shape index (κ1) is 19.6. The van der Waals surface area contributed by atoms with Gasteiger partial charge >= 0.3 is 0 Å². The summed E-state index contributed by atoms with van der Waals surface area (Å²) in [4.78, 5) is 35.4. The van der Waals surface area contributed by atoms with Crippen LogP contribution in [-0.4, -0.2) is 45.3 Å². The summed E-state index contributed by atoms with van der Waals surface area (Å²) in [5, 5.41) is 3.71. The molecule has 30 heavy (non-hydrogen) atoms. The van der Waals surface area contributed by atoms with E-state index < -0.39 is 0 Å². The van der Waals surface area contributed by atoms with Crippen LogP contribution in [0.5, 0.6) is 0 Å². The fourth-order valence-electron chi connectivity index (χ4n) is 4.03. The summed E-state index contributed by atoms with van der Waals surface area (Å²) in [6.07, 6.45) is 4.22. The average Bonchev–Trinajstić information content (AvgIpc) is 3.34. The van der Waals surface area contributed by atoms with Crippen molar-refractivity contribution in [2.45, 2.75) is 58.0 Å². The highest BCUT2D eigenvalue weighted by Crippen LogP contribution is 2.34. The van der Waals surface area contributed by atoms with Crippen molar-refractivity contribution in [3.8, 4) is 0 Å². The summed E-state index contributed by atoms with van der Waals surface area (Å²) in [6.45, 7) is 5.76. The third-order valence-electron chi connectivity index (χ3n) is 5.68. The van der Waals surface area contributed by atoms with Gasteiger partial charge in [0.15, 0.2) is 0 Å². The van der Waals surface area contributed by atoms with Crippen LogP contribution in [0.2, 0.25) is 0 Å². The summed E-state index contributed by atoms with van der Waals surface area (Å²) < 4.78 is 13.3. The maximum absolute atomic E-state index is 13.0. The topological polar surface area (TPSA) is 95.3 Å². The molecule has 0 spiro atoms. The first-order valence-corrected chi connectivity index (χ1v) is 11.0. The molecule has 0 unspecified atom stereocenters. The second-order valence-corrected chi connectivity index (χ2v) is 9.57. The monoisotopic (exact) mass is 428 g/mol. The van der Waals surface area contributed by atoms with E-state index in [2.05, 4.69) is 24.1 Å². The van der Waals surface area contributed by atoms with Crippen LogP contribution in [0.3, 0.4) is 0 Å². The number of hydrogen-bond acceptors (Lipinski definition) is 7. The zero-order chi connectivity index (χ0) is 20.9. The second-order valence-electron chi connectivity index (χ2n) is 8.57. The number of fused-ring (bicyclic) bond motifs is 4. The van der Waals surface area contributed by atoms with Gasteiger partial charge in [0.25, 0.3) is 5.56 Å². The molecule has 1 atom stereocenters. The molecule has 0 bridgehead atoms. The Hall–Kier alpha value is -2.36. The van der Waals surface area contributed by atoms with Gasteiger partial charge in [0, 0.05) is 30.5 Å². The fraction of sp³-hybridized carbons (Fsp3) is 0.524. The minimum absolute atomic E-state index is 0.0608.